The summed E-state index contributed by atoms with van der Waals surface area (Å²) in [5, 5.41) is 7.39. The summed E-state index contributed by atoms with van der Waals surface area (Å²) >= 11 is 0. The minimum atomic E-state index is -0.483. The van der Waals surface area contributed by atoms with Crippen molar-refractivity contribution >= 4 is 28.6 Å². The van der Waals surface area contributed by atoms with Gasteiger partial charge in [-0.25, -0.2) is 0 Å². The average molecular weight is 416 g/mol. The van der Waals surface area contributed by atoms with E-state index < -0.39 is 6.04 Å². The molecule has 1 heterocycles. The Labute approximate surface area is 180 Å². The quantitative estimate of drug-likeness (QED) is 0.605. The van der Waals surface area contributed by atoms with Crippen molar-refractivity contribution in [2.75, 3.05) is 13.7 Å². The van der Waals surface area contributed by atoms with E-state index in [9.17, 15) is 14.4 Å². The predicted octanol–water partition coefficient (Wildman–Crippen LogP) is 3.23. The topological polar surface area (TPSA) is 84.5 Å². The van der Waals surface area contributed by atoms with Gasteiger partial charge in [-0.1, -0.05) is 54.6 Å². The molecule has 2 N–H and O–H groups in total. The molecule has 2 amide bonds. The van der Waals surface area contributed by atoms with E-state index in [1.165, 1.54) is 7.11 Å². The number of rotatable bonds is 6. The molecule has 0 aliphatic carbocycles. The minimum Gasteiger partial charge on any atom is -0.469 e. The molecule has 3 aromatic carbocycles. The first-order valence-electron chi connectivity index (χ1n) is 10.3. The maximum atomic E-state index is 12.9. The lowest BCUT2D eigenvalue weighted by molar-refractivity contribution is -0.140. The van der Waals surface area contributed by atoms with Crippen molar-refractivity contribution < 1.29 is 19.1 Å². The Bertz CT molecular complexity index is 1140. The summed E-state index contributed by atoms with van der Waals surface area (Å²) in [6.07, 6.45) is 1.58. The summed E-state index contributed by atoms with van der Waals surface area (Å²) in [6.45, 7) is 0.582. The highest BCUT2D eigenvalue weighted by Crippen LogP contribution is 2.31. The van der Waals surface area contributed by atoms with Crippen LogP contribution in [0.15, 0.2) is 60.7 Å². The highest BCUT2D eigenvalue weighted by atomic mass is 16.5. The fourth-order valence-corrected chi connectivity index (χ4v) is 3.93. The number of amides is 2. The van der Waals surface area contributed by atoms with E-state index in [0.717, 1.165) is 27.5 Å². The molecule has 1 atom stereocenters. The van der Waals surface area contributed by atoms with E-state index in [0.29, 0.717) is 31.4 Å². The number of aryl methyl sites for hydroxylation is 1. The second-order valence-corrected chi connectivity index (χ2v) is 7.59. The van der Waals surface area contributed by atoms with Gasteiger partial charge in [-0.3, -0.25) is 14.4 Å². The summed E-state index contributed by atoms with van der Waals surface area (Å²) < 4.78 is 4.70. The maximum absolute atomic E-state index is 12.9. The molecule has 0 radical (unpaired) electrons. The lowest BCUT2D eigenvalue weighted by atomic mass is 9.94. The van der Waals surface area contributed by atoms with Gasteiger partial charge >= 0.3 is 5.97 Å². The largest absolute Gasteiger partial charge is 0.469 e. The average Bonchev–Trinajstić information content (AvgIpc) is 3.21. The highest BCUT2D eigenvalue weighted by Gasteiger charge is 2.26. The fraction of sp³-hybridized carbons (Fsp3) is 0.240. The summed E-state index contributed by atoms with van der Waals surface area (Å²) in [6, 6.07) is 19.1. The van der Waals surface area contributed by atoms with E-state index in [-0.39, 0.29) is 17.8 Å². The van der Waals surface area contributed by atoms with E-state index in [4.69, 9.17) is 4.74 Å². The molecular weight excluding hydrogens is 392 g/mol. The standard InChI is InChI=1S/C25H24N2O4/c1-31-23(28)13-10-16-8-11-17(12-9-16)18-4-2-6-20-19(18)5-3-7-21(20)24(29)27-22-14-15-26-25(22)30/h2-9,11-12,22H,10,13-15H2,1H3,(H,26,30)(H,27,29). The highest BCUT2D eigenvalue weighted by molar-refractivity contribution is 6.11. The van der Waals surface area contributed by atoms with Gasteiger partial charge in [-0.05, 0) is 46.4 Å². The summed E-state index contributed by atoms with van der Waals surface area (Å²) in [7, 11) is 1.39. The van der Waals surface area contributed by atoms with Crippen LogP contribution in [0.1, 0.15) is 28.8 Å². The molecule has 4 rings (SSSR count). The van der Waals surface area contributed by atoms with Crippen LogP contribution in [0.25, 0.3) is 21.9 Å². The molecule has 3 aromatic rings. The smallest absolute Gasteiger partial charge is 0.305 e. The van der Waals surface area contributed by atoms with Crippen LogP contribution in [-0.2, 0) is 20.7 Å². The van der Waals surface area contributed by atoms with Crippen LogP contribution >= 0.6 is 0 Å². The number of methoxy groups -OCH3 is 1. The minimum absolute atomic E-state index is 0.137. The molecule has 31 heavy (non-hydrogen) atoms. The Hall–Kier alpha value is -3.67. The van der Waals surface area contributed by atoms with E-state index >= 15 is 0 Å². The molecule has 1 aliphatic heterocycles. The number of benzene rings is 3. The summed E-state index contributed by atoms with van der Waals surface area (Å²) in [4.78, 5) is 36.1. The van der Waals surface area contributed by atoms with Crippen LogP contribution < -0.4 is 10.6 Å². The molecule has 158 valence electrons. The first-order chi connectivity index (χ1) is 15.1. The molecule has 1 aliphatic rings. The number of hydrogen-bond donors (Lipinski definition) is 2. The second kappa shape index (κ2) is 9.00. The zero-order valence-electron chi connectivity index (χ0n) is 17.3. The Balaban J connectivity index is 1.61. The van der Waals surface area contributed by atoms with Gasteiger partial charge in [-0.2, -0.15) is 0 Å². The predicted molar refractivity (Wildman–Crippen MR) is 119 cm³/mol. The molecule has 6 heteroatoms. The van der Waals surface area contributed by atoms with Crippen LogP contribution in [0.2, 0.25) is 0 Å². The van der Waals surface area contributed by atoms with Crippen molar-refractivity contribution in [3.05, 3.63) is 71.8 Å². The van der Waals surface area contributed by atoms with Gasteiger partial charge in [-0.15, -0.1) is 0 Å². The number of fused-ring (bicyclic) bond motifs is 1. The lowest BCUT2D eigenvalue weighted by Crippen LogP contribution is -2.40. The van der Waals surface area contributed by atoms with Gasteiger partial charge in [0.15, 0.2) is 0 Å². The number of carbonyl (C=O) groups is 3. The van der Waals surface area contributed by atoms with E-state index in [1.54, 1.807) is 6.07 Å². The van der Waals surface area contributed by atoms with E-state index in [1.807, 2.05) is 54.6 Å². The van der Waals surface area contributed by atoms with Gasteiger partial charge < -0.3 is 15.4 Å². The van der Waals surface area contributed by atoms with Gasteiger partial charge in [0.25, 0.3) is 5.91 Å². The third kappa shape index (κ3) is 4.43. The Morgan fingerprint density at radius 2 is 1.77 bits per heavy atom. The van der Waals surface area contributed by atoms with Gasteiger partial charge in [0, 0.05) is 18.5 Å². The lowest BCUT2D eigenvalue weighted by Gasteiger charge is -2.13. The molecule has 0 aromatic heterocycles. The SMILES string of the molecule is COC(=O)CCc1ccc(-c2cccc3c(C(=O)NC4CCNC4=O)cccc23)cc1. The molecule has 1 fully saturated rings. The second-order valence-electron chi connectivity index (χ2n) is 7.59. The molecule has 6 nitrogen and oxygen atoms in total. The monoisotopic (exact) mass is 416 g/mol. The Kier molecular flexibility index (Phi) is 5.98. The van der Waals surface area contributed by atoms with Crippen LogP contribution in [0.3, 0.4) is 0 Å². The molecule has 1 saturated heterocycles. The molecule has 1 unspecified atom stereocenters. The van der Waals surface area contributed by atoms with Gasteiger partial charge in [0.2, 0.25) is 5.91 Å². The van der Waals surface area contributed by atoms with Gasteiger partial charge in [0.05, 0.1) is 7.11 Å². The third-order valence-corrected chi connectivity index (χ3v) is 5.63. The van der Waals surface area contributed by atoms with Crippen LogP contribution in [0.5, 0.6) is 0 Å². The molecule has 0 saturated carbocycles. The van der Waals surface area contributed by atoms with Crippen LogP contribution in [0.4, 0.5) is 0 Å². The number of hydrogen-bond acceptors (Lipinski definition) is 4. The third-order valence-electron chi connectivity index (χ3n) is 5.63. The molecule has 0 spiro atoms. The van der Waals surface area contributed by atoms with Crippen molar-refractivity contribution in [3.63, 3.8) is 0 Å². The summed E-state index contributed by atoms with van der Waals surface area (Å²) in [5.41, 5.74) is 3.66. The van der Waals surface area contributed by atoms with E-state index in [2.05, 4.69) is 10.6 Å². The Morgan fingerprint density at radius 1 is 1.03 bits per heavy atom. The molecule has 0 bridgehead atoms. The van der Waals surface area contributed by atoms with Crippen LogP contribution in [0, 0.1) is 0 Å². The van der Waals surface area contributed by atoms with Crippen molar-refractivity contribution in [1.29, 1.82) is 0 Å². The van der Waals surface area contributed by atoms with Gasteiger partial charge in [0.1, 0.15) is 6.04 Å². The number of nitrogens with one attached hydrogen (secondary N) is 2. The first-order valence-corrected chi connectivity index (χ1v) is 10.3. The fourth-order valence-electron chi connectivity index (χ4n) is 3.93. The molecular formula is C25H24N2O4. The first kappa shape index (κ1) is 20.6. The summed E-state index contributed by atoms with van der Waals surface area (Å²) in [5.74, 6) is -0.608. The number of ether oxygens (including phenoxy) is 1. The maximum Gasteiger partial charge on any atom is 0.305 e. The van der Waals surface area contributed by atoms with Crippen molar-refractivity contribution in [2.24, 2.45) is 0 Å². The van der Waals surface area contributed by atoms with Crippen LogP contribution in [-0.4, -0.2) is 37.5 Å². The number of carbonyl (C=O) groups excluding carboxylic acids is 3. The number of esters is 1. The van der Waals surface area contributed by atoms with Crippen molar-refractivity contribution in [2.45, 2.75) is 25.3 Å². The van der Waals surface area contributed by atoms with Crippen molar-refractivity contribution in [1.82, 2.24) is 10.6 Å². The van der Waals surface area contributed by atoms with Crippen molar-refractivity contribution in [3.8, 4) is 11.1 Å². The zero-order valence-corrected chi connectivity index (χ0v) is 17.3. The normalized spacial score (nSPS) is 15.5. The zero-order chi connectivity index (χ0) is 21.8. The Morgan fingerprint density at radius 3 is 2.48 bits per heavy atom.